The van der Waals surface area contributed by atoms with Crippen molar-refractivity contribution in [3.63, 3.8) is 0 Å². The molecular formula is C59H104O5. The highest BCUT2D eigenvalue weighted by Gasteiger charge is 2.17. The molecule has 0 aliphatic rings. The average molecular weight is 893 g/mol. The number of ether oxygens (including phenoxy) is 3. The van der Waals surface area contributed by atoms with E-state index in [1.165, 1.54) is 154 Å². The van der Waals surface area contributed by atoms with Gasteiger partial charge in [0.2, 0.25) is 0 Å². The van der Waals surface area contributed by atoms with Crippen LogP contribution in [0, 0.1) is 0 Å². The predicted molar refractivity (Wildman–Crippen MR) is 279 cm³/mol. The Bertz CT molecular complexity index is 1150. The molecule has 0 aromatic heterocycles. The lowest BCUT2D eigenvalue weighted by molar-refractivity contribution is -0.163. The van der Waals surface area contributed by atoms with Gasteiger partial charge in [-0.2, -0.15) is 0 Å². The molecule has 0 rings (SSSR count). The first-order valence-corrected chi connectivity index (χ1v) is 27.5. The van der Waals surface area contributed by atoms with Crippen molar-refractivity contribution >= 4 is 11.9 Å². The third-order valence-electron chi connectivity index (χ3n) is 11.7. The Labute approximate surface area is 397 Å². The fourth-order valence-corrected chi connectivity index (χ4v) is 7.59. The highest BCUT2D eigenvalue weighted by molar-refractivity contribution is 5.70. The van der Waals surface area contributed by atoms with Crippen LogP contribution in [0.4, 0.5) is 0 Å². The topological polar surface area (TPSA) is 61.8 Å². The second-order valence-corrected chi connectivity index (χ2v) is 18.1. The summed E-state index contributed by atoms with van der Waals surface area (Å²) in [5, 5.41) is 0. The van der Waals surface area contributed by atoms with Crippen LogP contribution in [-0.2, 0) is 23.8 Å². The lowest BCUT2D eigenvalue weighted by Gasteiger charge is -2.18. The molecule has 0 aromatic carbocycles. The summed E-state index contributed by atoms with van der Waals surface area (Å²) in [7, 11) is 0. The van der Waals surface area contributed by atoms with E-state index in [-0.39, 0.29) is 25.2 Å². The average Bonchev–Trinajstić information content (AvgIpc) is 3.30. The lowest BCUT2D eigenvalue weighted by atomic mass is 10.1. The van der Waals surface area contributed by atoms with Crippen molar-refractivity contribution in [1.82, 2.24) is 0 Å². The summed E-state index contributed by atoms with van der Waals surface area (Å²) in [4.78, 5) is 25.4. The van der Waals surface area contributed by atoms with Crippen LogP contribution in [0.2, 0.25) is 0 Å². The normalized spacial score (nSPS) is 12.7. The lowest BCUT2D eigenvalue weighted by Crippen LogP contribution is -2.30. The summed E-state index contributed by atoms with van der Waals surface area (Å²) >= 11 is 0. The van der Waals surface area contributed by atoms with Crippen LogP contribution in [0.3, 0.4) is 0 Å². The fourth-order valence-electron chi connectivity index (χ4n) is 7.59. The molecule has 0 fully saturated rings. The molecule has 0 radical (unpaired) electrons. The molecule has 370 valence electrons. The van der Waals surface area contributed by atoms with Gasteiger partial charge in [-0.05, 0) is 103 Å². The van der Waals surface area contributed by atoms with Crippen molar-refractivity contribution in [3.8, 4) is 0 Å². The number of unbranched alkanes of at least 4 members (excludes halogenated alkanes) is 27. The summed E-state index contributed by atoms with van der Waals surface area (Å²) in [6.07, 6.45) is 70.6. The Morgan fingerprint density at radius 2 is 0.719 bits per heavy atom. The number of allylic oxidation sites excluding steroid dienone is 12. The second kappa shape index (κ2) is 54.7. The van der Waals surface area contributed by atoms with Crippen LogP contribution < -0.4 is 0 Å². The molecule has 0 heterocycles. The fraction of sp³-hybridized carbons (Fsp3) is 0.763. The summed E-state index contributed by atoms with van der Waals surface area (Å²) < 4.78 is 17.4. The van der Waals surface area contributed by atoms with Crippen molar-refractivity contribution in [1.29, 1.82) is 0 Å². The molecule has 64 heavy (non-hydrogen) atoms. The highest BCUT2D eigenvalue weighted by atomic mass is 16.6. The van der Waals surface area contributed by atoms with Crippen LogP contribution >= 0.6 is 0 Å². The van der Waals surface area contributed by atoms with E-state index < -0.39 is 6.10 Å². The minimum absolute atomic E-state index is 0.0755. The van der Waals surface area contributed by atoms with E-state index in [1.807, 2.05) is 0 Å². The highest BCUT2D eigenvalue weighted by Crippen LogP contribution is 2.15. The first-order chi connectivity index (χ1) is 31.6. The van der Waals surface area contributed by atoms with Gasteiger partial charge in [0, 0.05) is 19.4 Å². The standard InChI is InChI=1S/C59H104O5/c1-4-7-10-13-16-19-22-24-26-28-30-31-33-35-38-40-43-46-49-52-58(60)63-56-57(64-59(61)53-50-47-44-41-37-21-18-15-12-9-6-3)55-62-54-51-48-45-42-39-36-34-32-29-27-25-23-20-17-14-11-8-5-2/h8,11,15-20,24-27,57H,4-7,9-10,12-14,21-23,28-56H2,1-3H3/b11-8-,18-15-,19-16-,20-17-,26-24-,27-25-. The van der Waals surface area contributed by atoms with E-state index in [4.69, 9.17) is 14.2 Å². The number of carbonyl (C=O) groups excluding carboxylic acids is 2. The molecule has 0 aliphatic heterocycles. The quantitative estimate of drug-likeness (QED) is 0.0346. The van der Waals surface area contributed by atoms with Gasteiger partial charge in [-0.25, -0.2) is 0 Å². The molecule has 0 amide bonds. The van der Waals surface area contributed by atoms with Gasteiger partial charge in [0.15, 0.2) is 6.10 Å². The zero-order valence-corrected chi connectivity index (χ0v) is 42.5. The van der Waals surface area contributed by atoms with Gasteiger partial charge in [-0.1, -0.05) is 222 Å². The number of esters is 2. The van der Waals surface area contributed by atoms with E-state index in [0.717, 1.165) is 77.0 Å². The molecule has 0 spiro atoms. The van der Waals surface area contributed by atoms with Crippen LogP contribution in [-0.4, -0.2) is 37.9 Å². The Balaban J connectivity index is 4.23. The van der Waals surface area contributed by atoms with Gasteiger partial charge < -0.3 is 14.2 Å². The van der Waals surface area contributed by atoms with Crippen LogP contribution in [0.5, 0.6) is 0 Å². The molecule has 0 N–H and O–H groups in total. The SMILES string of the molecule is CC/C=C\C/C=C\C/C=C\CCCCCCCCCCOCC(COC(=O)CCCCCCCCCCC/C=C\C/C=C\CCCCC)OC(=O)CCCCCCC/C=C\CCCC. The third kappa shape index (κ3) is 52.0. The third-order valence-corrected chi connectivity index (χ3v) is 11.7. The number of hydrogen-bond acceptors (Lipinski definition) is 5. The van der Waals surface area contributed by atoms with E-state index in [0.29, 0.717) is 19.4 Å². The molecule has 1 unspecified atom stereocenters. The first-order valence-electron chi connectivity index (χ1n) is 27.5. The van der Waals surface area contributed by atoms with Crippen LogP contribution in [0.1, 0.15) is 265 Å². The maximum Gasteiger partial charge on any atom is 0.306 e. The van der Waals surface area contributed by atoms with Crippen LogP contribution in [0.25, 0.3) is 0 Å². The summed E-state index contributed by atoms with van der Waals surface area (Å²) in [5.74, 6) is -0.412. The van der Waals surface area contributed by atoms with Crippen molar-refractivity contribution in [3.05, 3.63) is 72.9 Å². The van der Waals surface area contributed by atoms with Crippen molar-refractivity contribution in [2.24, 2.45) is 0 Å². The molecule has 1 atom stereocenters. The Kier molecular flexibility index (Phi) is 52.4. The van der Waals surface area contributed by atoms with Crippen molar-refractivity contribution in [2.45, 2.75) is 271 Å². The zero-order chi connectivity index (χ0) is 46.3. The monoisotopic (exact) mass is 893 g/mol. The predicted octanol–water partition coefficient (Wildman–Crippen LogP) is 18.7. The van der Waals surface area contributed by atoms with E-state index in [9.17, 15) is 9.59 Å². The van der Waals surface area contributed by atoms with Crippen LogP contribution in [0.15, 0.2) is 72.9 Å². The van der Waals surface area contributed by atoms with E-state index in [1.54, 1.807) is 0 Å². The first kappa shape index (κ1) is 61.3. The van der Waals surface area contributed by atoms with Gasteiger partial charge in [-0.15, -0.1) is 0 Å². The Hall–Kier alpha value is -2.66. The van der Waals surface area contributed by atoms with E-state index >= 15 is 0 Å². The number of rotatable bonds is 50. The molecule has 0 aromatic rings. The zero-order valence-electron chi connectivity index (χ0n) is 42.5. The smallest absolute Gasteiger partial charge is 0.306 e. The summed E-state index contributed by atoms with van der Waals surface area (Å²) in [6.45, 7) is 7.65. The maximum absolute atomic E-state index is 12.8. The molecule has 5 nitrogen and oxygen atoms in total. The molecule has 0 aliphatic carbocycles. The molecule has 0 bridgehead atoms. The summed E-state index contributed by atoms with van der Waals surface area (Å²) in [5.41, 5.74) is 0. The minimum Gasteiger partial charge on any atom is -0.462 e. The van der Waals surface area contributed by atoms with Gasteiger partial charge >= 0.3 is 11.9 Å². The molecule has 5 heteroatoms. The minimum atomic E-state index is -0.548. The molecule has 0 saturated carbocycles. The number of carbonyl (C=O) groups is 2. The molecule has 0 saturated heterocycles. The van der Waals surface area contributed by atoms with Gasteiger partial charge in [0.1, 0.15) is 6.61 Å². The van der Waals surface area contributed by atoms with Gasteiger partial charge in [-0.3, -0.25) is 9.59 Å². The Morgan fingerprint density at radius 3 is 1.19 bits per heavy atom. The largest absolute Gasteiger partial charge is 0.462 e. The summed E-state index contributed by atoms with van der Waals surface area (Å²) in [6, 6.07) is 0. The van der Waals surface area contributed by atoms with Crippen molar-refractivity contribution < 1.29 is 23.8 Å². The van der Waals surface area contributed by atoms with Crippen molar-refractivity contribution in [2.75, 3.05) is 19.8 Å². The number of hydrogen-bond donors (Lipinski definition) is 0. The Morgan fingerprint density at radius 1 is 0.359 bits per heavy atom. The second-order valence-electron chi connectivity index (χ2n) is 18.1. The molecular weight excluding hydrogens is 789 g/mol. The van der Waals surface area contributed by atoms with Gasteiger partial charge in [0.05, 0.1) is 6.61 Å². The van der Waals surface area contributed by atoms with E-state index in [2.05, 4.69) is 93.7 Å². The van der Waals surface area contributed by atoms with Gasteiger partial charge in [0.25, 0.3) is 0 Å². The maximum atomic E-state index is 12.8.